The van der Waals surface area contributed by atoms with Crippen molar-refractivity contribution in [1.29, 1.82) is 0 Å². The maximum Gasteiger partial charge on any atom is 0.408 e. The summed E-state index contributed by atoms with van der Waals surface area (Å²) in [7, 11) is 0. The van der Waals surface area contributed by atoms with E-state index in [1.54, 1.807) is 31.7 Å². The van der Waals surface area contributed by atoms with Gasteiger partial charge in [-0.25, -0.2) is 4.79 Å². The van der Waals surface area contributed by atoms with Crippen LogP contribution in [0, 0.1) is 23.2 Å². The molecule has 10 nitrogen and oxygen atoms in total. The molecule has 0 radical (unpaired) electrons. The number of allylic oxidation sites excluding steroid dienone is 1. The quantitative estimate of drug-likeness (QED) is 0.291. The summed E-state index contributed by atoms with van der Waals surface area (Å²) in [5, 5.41) is 5.52. The molecule has 0 aromatic rings. The van der Waals surface area contributed by atoms with Crippen molar-refractivity contribution in [1.82, 2.24) is 15.5 Å². The zero-order chi connectivity index (χ0) is 28.4. The molecule has 0 aromatic carbocycles. The Kier molecular flexibility index (Phi) is 8.93. The Morgan fingerprint density at radius 2 is 1.74 bits per heavy atom. The fraction of sp³-hybridized carbons (Fsp3) is 0.750. The van der Waals surface area contributed by atoms with Crippen LogP contribution < -0.4 is 16.4 Å². The van der Waals surface area contributed by atoms with Crippen LogP contribution in [0.15, 0.2) is 12.7 Å². The molecule has 1 saturated heterocycles. The second-order valence-electron chi connectivity index (χ2n) is 12.6. The van der Waals surface area contributed by atoms with E-state index in [0.717, 1.165) is 32.1 Å². The molecule has 1 heterocycles. The van der Waals surface area contributed by atoms with Crippen LogP contribution in [0.3, 0.4) is 0 Å². The smallest absolute Gasteiger partial charge is 0.408 e. The molecule has 4 unspecified atom stereocenters. The molecular weight excluding hydrogens is 488 g/mol. The third-order valence-corrected chi connectivity index (χ3v) is 8.36. The van der Waals surface area contributed by atoms with E-state index in [2.05, 4.69) is 31.1 Å². The van der Waals surface area contributed by atoms with E-state index in [4.69, 9.17) is 10.5 Å². The number of fused-ring (bicyclic) bond motifs is 1. The maximum atomic E-state index is 14.1. The Morgan fingerprint density at radius 3 is 2.29 bits per heavy atom. The van der Waals surface area contributed by atoms with E-state index in [1.165, 1.54) is 0 Å². The van der Waals surface area contributed by atoms with Crippen LogP contribution in [0.25, 0.3) is 0 Å². The number of ketones is 1. The number of nitrogens with one attached hydrogen (secondary N) is 2. The highest BCUT2D eigenvalue weighted by Gasteiger charge is 2.69. The monoisotopic (exact) mass is 532 g/mol. The van der Waals surface area contributed by atoms with Crippen LogP contribution in [-0.4, -0.2) is 64.8 Å². The van der Waals surface area contributed by atoms with Gasteiger partial charge in [-0.05, 0) is 69.6 Å². The van der Waals surface area contributed by atoms with E-state index in [1.807, 2.05) is 0 Å². The van der Waals surface area contributed by atoms with Gasteiger partial charge in [0.25, 0.3) is 5.91 Å². The highest BCUT2D eigenvalue weighted by Crippen LogP contribution is 2.65. The van der Waals surface area contributed by atoms with Gasteiger partial charge in [0.15, 0.2) is 0 Å². The number of hydrogen-bond donors (Lipinski definition) is 3. The Morgan fingerprint density at radius 1 is 1.11 bits per heavy atom. The summed E-state index contributed by atoms with van der Waals surface area (Å²) in [5.74, 6) is -2.83. The Labute approximate surface area is 225 Å². The average molecular weight is 533 g/mol. The van der Waals surface area contributed by atoms with Crippen molar-refractivity contribution in [3.8, 4) is 0 Å². The van der Waals surface area contributed by atoms with Gasteiger partial charge < -0.3 is 26.0 Å². The summed E-state index contributed by atoms with van der Waals surface area (Å²) in [6, 6.07) is -2.73. The minimum atomic E-state index is -1.12. The van der Waals surface area contributed by atoms with Gasteiger partial charge >= 0.3 is 6.09 Å². The third-order valence-electron chi connectivity index (χ3n) is 8.36. The predicted molar refractivity (Wildman–Crippen MR) is 142 cm³/mol. The van der Waals surface area contributed by atoms with Gasteiger partial charge in [-0.15, -0.1) is 6.58 Å². The standard InChI is InChI=1S/C28H44N4O6/c1-7-8-14-18(22(33)23(29)34)30-24(35)21-19-17(28(19,5)6)15-32(21)25(36)20(16-12-10-9-11-13-16)31-26(37)38-27(2,3)4/h7,16-21H,1,8-15H2,2-6H3,(H2,29,34)(H,30,35)(H,31,37)/t17?,18?,19?,20?,21-/m0/s1. The summed E-state index contributed by atoms with van der Waals surface area (Å²) < 4.78 is 5.46. The first-order valence-corrected chi connectivity index (χ1v) is 13.7. The lowest BCUT2D eigenvalue weighted by Crippen LogP contribution is -2.59. The van der Waals surface area contributed by atoms with Crippen LogP contribution in [0.5, 0.6) is 0 Å². The Bertz CT molecular complexity index is 965. The average Bonchev–Trinajstić information content (AvgIpc) is 3.16. The highest BCUT2D eigenvalue weighted by molar-refractivity contribution is 6.37. The number of likely N-dealkylation sites (tertiary alicyclic amines) is 1. The number of hydrogen-bond acceptors (Lipinski definition) is 6. The number of piperidine rings is 1. The largest absolute Gasteiger partial charge is 0.444 e. The molecule has 5 atom stereocenters. The van der Waals surface area contributed by atoms with Crippen molar-refractivity contribution in [3.05, 3.63) is 12.7 Å². The number of alkyl carbamates (subject to hydrolysis) is 1. The maximum absolute atomic E-state index is 14.1. The van der Waals surface area contributed by atoms with Crippen LogP contribution in [-0.2, 0) is 23.9 Å². The van der Waals surface area contributed by atoms with E-state index in [-0.39, 0.29) is 35.5 Å². The number of carbonyl (C=O) groups is 5. The molecule has 4 amide bonds. The number of nitrogens with two attached hydrogens (primary N) is 1. The van der Waals surface area contributed by atoms with Crippen molar-refractivity contribution in [2.24, 2.45) is 28.9 Å². The summed E-state index contributed by atoms with van der Waals surface area (Å²) in [6.45, 7) is 13.4. The van der Waals surface area contributed by atoms with Crippen LogP contribution in [0.2, 0.25) is 0 Å². The minimum Gasteiger partial charge on any atom is -0.444 e. The molecule has 2 aliphatic carbocycles. The van der Waals surface area contributed by atoms with Crippen LogP contribution >= 0.6 is 0 Å². The fourth-order valence-corrected chi connectivity index (χ4v) is 6.26. The number of nitrogens with zero attached hydrogens (tertiary/aromatic N) is 1. The zero-order valence-corrected chi connectivity index (χ0v) is 23.4. The van der Waals surface area contributed by atoms with Crippen molar-refractivity contribution >= 4 is 29.6 Å². The lowest BCUT2D eigenvalue weighted by molar-refractivity contribution is -0.144. The molecule has 0 bridgehead atoms. The molecule has 3 fully saturated rings. The molecule has 0 spiro atoms. The van der Waals surface area contributed by atoms with Gasteiger partial charge in [0, 0.05) is 6.54 Å². The second kappa shape index (κ2) is 11.5. The van der Waals surface area contributed by atoms with Gasteiger partial charge in [-0.1, -0.05) is 39.2 Å². The highest BCUT2D eigenvalue weighted by atomic mass is 16.6. The summed E-state index contributed by atoms with van der Waals surface area (Å²) in [5.41, 5.74) is 4.35. The first-order valence-electron chi connectivity index (χ1n) is 13.7. The van der Waals surface area contributed by atoms with Crippen molar-refractivity contribution < 1.29 is 28.7 Å². The van der Waals surface area contributed by atoms with Crippen LogP contribution in [0.4, 0.5) is 4.79 Å². The van der Waals surface area contributed by atoms with E-state index in [9.17, 15) is 24.0 Å². The summed E-state index contributed by atoms with van der Waals surface area (Å²) >= 11 is 0. The number of rotatable bonds is 10. The molecule has 212 valence electrons. The van der Waals surface area contributed by atoms with Crippen molar-refractivity contribution in [2.75, 3.05) is 6.54 Å². The molecule has 1 aliphatic heterocycles. The minimum absolute atomic E-state index is 0.0609. The predicted octanol–water partition coefficient (Wildman–Crippen LogP) is 2.45. The fourth-order valence-electron chi connectivity index (χ4n) is 6.26. The lowest BCUT2D eigenvalue weighted by Gasteiger charge is -2.37. The summed E-state index contributed by atoms with van der Waals surface area (Å²) in [4.78, 5) is 66.0. The molecular formula is C28H44N4O6. The zero-order valence-electron chi connectivity index (χ0n) is 23.4. The molecule has 2 saturated carbocycles. The van der Waals surface area contributed by atoms with E-state index in [0.29, 0.717) is 13.0 Å². The van der Waals surface area contributed by atoms with Crippen LogP contribution in [0.1, 0.15) is 79.6 Å². The number of carbonyl (C=O) groups excluding carboxylic acids is 5. The van der Waals surface area contributed by atoms with Crippen molar-refractivity contribution in [2.45, 2.75) is 103 Å². The lowest BCUT2D eigenvalue weighted by atomic mass is 9.83. The first-order chi connectivity index (χ1) is 17.7. The molecule has 10 heteroatoms. The van der Waals surface area contributed by atoms with Gasteiger partial charge in [0.2, 0.25) is 17.6 Å². The number of amides is 4. The molecule has 3 aliphatic rings. The summed E-state index contributed by atoms with van der Waals surface area (Å²) in [6.07, 6.45) is 6.12. The Hall–Kier alpha value is -2.91. The SMILES string of the molecule is C=CCCC(NC(=O)[C@@H]1C2C(CN1C(=O)C(NC(=O)OC(C)(C)C)C1CCCCC1)C2(C)C)C(=O)C(N)=O. The van der Waals surface area contributed by atoms with E-state index >= 15 is 0 Å². The number of ether oxygens (including phenoxy) is 1. The number of primary amides is 1. The third kappa shape index (κ3) is 6.56. The van der Waals surface area contributed by atoms with Gasteiger partial charge in [0.05, 0.1) is 6.04 Å². The topological polar surface area (TPSA) is 148 Å². The molecule has 3 rings (SSSR count). The van der Waals surface area contributed by atoms with Crippen molar-refractivity contribution in [3.63, 3.8) is 0 Å². The molecule has 38 heavy (non-hydrogen) atoms. The van der Waals surface area contributed by atoms with Gasteiger partial charge in [-0.3, -0.25) is 19.2 Å². The molecule has 0 aromatic heterocycles. The second-order valence-corrected chi connectivity index (χ2v) is 12.6. The Balaban J connectivity index is 1.85. The normalized spacial score (nSPS) is 25.9. The first kappa shape index (κ1) is 29.6. The van der Waals surface area contributed by atoms with Gasteiger partial charge in [-0.2, -0.15) is 0 Å². The molecule has 4 N–H and O–H groups in total. The van der Waals surface area contributed by atoms with Gasteiger partial charge in [0.1, 0.15) is 17.7 Å². The number of Topliss-reactive ketones (excluding diaryl/α,β-unsaturated/α-hetero) is 1. The van der Waals surface area contributed by atoms with E-state index < -0.39 is 47.4 Å².